The summed E-state index contributed by atoms with van der Waals surface area (Å²) in [6.07, 6.45) is -1.61. The summed E-state index contributed by atoms with van der Waals surface area (Å²) in [6.45, 7) is 7.61. The Bertz CT molecular complexity index is 560. The molecule has 0 saturated carbocycles. The molecule has 24 heavy (non-hydrogen) atoms. The van der Waals surface area contributed by atoms with Crippen LogP contribution in [0.25, 0.3) is 11.1 Å². The van der Waals surface area contributed by atoms with E-state index in [2.05, 4.69) is 0 Å². The van der Waals surface area contributed by atoms with E-state index < -0.39 is 12.6 Å². The topological polar surface area (TPSA) is 58.9 Å². The average Bonchev–Trinajstić information content (AvgIpc) is 2.56. The van der Waals surface area contributed by atoms with Gasteiger partial charge in [0.1, 0.15) is 11.5 Å². The molecule has 0 spiro atoms. The largest absolute Gasteiger partial charge is 0.465 e. The van der Waals surface area contributed by atoms with Crippen LogP contribution in [0.1, 0.15) is 27.7 Å². The molecule has 4 nitrogen and oxygen atoms in total. The Morgan fingerprint density at radius 1 is 0.583 bits per heavy atom. The van der Waals surface area contributed by atoms with Crippen molar-refractivity contribution in [3.05, 3.63) is 48.5 Å². The van der Waals surface area contributed by atoms with E-state index in [1.54, 1.807) is 0 Å². The highest BCUT2D eigenvalue weighted by Crippen LogP contribution is 2.26. The summed E-state index contributed by atoms with van der Waals surface area (Å²) in [7, 11) is 0. The quantitative estimate of drug-likeness (QED) is 0.752. The summed E-state index contributed by atoms with van der Waals surface area (Å²) in [4.78, 5) is 0. The summed E-state index contributed by atoms with van der Waals surface area (Å²) >= 11 is 0. The maximum absolute atomic E-state index is 9.75. The molecule has 0 aliphatic carbocycles. The first kappa shape index (κ1) is 18.3. The van der Waals surface area contributed by atoms with Gasteiger partial charge in [0.2, 0.25) is 0 Å². The van der Waals surface area contributed by atoms with Crippen LogP contribution in [0.4, 0.5) is 0 Å². The third kappa shape index (κ3) is 4.98. The molecule has 0 amide bonds. The first-order chi connectivity index (χ1) is 11.4. The van der Waals surface area contributed by atoms with Crippen molar-refractivity contribution in [3.63, 3.8) is 0 Å². The van der Waals surface area contributed by atoms with E-state index in [1.165, 1.54) is 0 Å². The lowest BCUT2D eigenvalue weighted by Gasteiger charge is -2.17. The second kappa shape index (κ2) is 8.18. The predicted molar refractivity (Wildman–Crippen MR) is 94.8 cm³/mol. The highest BCUT2D eigenvalue weighted by molar-refractivity contribution is 5.64. The van der Waals surface area contributed by atoms with Crippen LogP contribution in [0.2, 0.25) is 0 Å². The molecule has 0 heterocycles. The van der Waals surface area contributed by atoms with E-state index in [1.807, 2.05) is 76.2 Å². The fourth-order valence-electron chi connectivity index (χ4n) is 2.00. The zero-order valence-corrected chi connectivity index (χ0v) is 14.6. The van der Waals surface area contributed by atoms with Crippen molar-refractivity contribution in [2.24, 2.45) is 11.8 Å². The molecular formula is C20H26O4. The number of ether oxygens (including phenoxy) is 2. The van der Waals surface area contributed by atoms with Crippen LogP contribution in [0.15, 0.2) is 48.5 Å². The molecule has 130 valence electrons. The van der Waals surface area contributed by atoms with Crippen LogP contribution in [0.3, 0.4) is 0 Å². The fraction of sp³-hybridized carbons (Fsp3) is 0.400. The van der Waals surface area contributed by atoms with Gasteiger partial charge in [-0.1, -0.05) is 52.0 Å². The number of hydrogen-bond acceptors (Lipinski definition) is 4. The maximum atomic E-state index is 9.75. The second-order valence-electron chi connectivity index (χ2n) is 6.55. The van der Waals surface area contributed by atoms with Gasteiger partial charge in [0.25, 0.3) is 0 Å². The van der Waals surface area contributed by atoms with E-state index in [0.29, 0.717) is 11.5 Å². The summed E-state index contributed by atoms with van der Waals surface area (Å²) < 4.78 is 10.9. The Labute approximate surface area is 143 Å². The maximum Gasteiger partial charge on any atom is 0.199 e. The van der Waals surface area contributed by atoms with Gasteiger partial charge < -0.3 is 19.7 Å². The summed E-state index contributed by atoms with van der Waals surface area (Å²) in [5.74, 6) is 1.36. The van der Waals surface area contributed by atoms with Crippen LogP contribution in [0, 0.1) is 11.8 Å². The minimum absolute atomic E-state index is 0.0402. The number of aliphatic hydroxyl groups is 2. The summed E-state index contributed by atoms with van der Waals surface area (Å²) in [5.41, 5.74) is 2.08. The fourth-order valence-corrected chi connectivity index (χ4v) is 2.00. The van der Waals surface area contributed by atoms with Crippen LogP contribution in [-0.4, -0.2) is 22.8 Å². The SMILES string of the molecule is CC(C)C(O)Oc1ccc(-c2ccc(OC(O)C(C)C)cc2)cc1. The predicted octanol–water partition coefficient (Wildman–Crippen LogP) is 4.06. The molecule has 0 aliphatic heterocycles. The van der Waals surface area contributed by atoms with Crippen molar-refractivity contribution in [1.29, 1.82) is 0 Å². The molecule has 2 rings (SSSR count). The van der Waals surface area contributed by atoms with Crippen LogP contribution in [-0.2, 0) is 0 Å². The van der Waals surface area contributed by atoms with Gasteiger partial charge >= 0.3 is 0 Å². The zero-order valence-electron chi connectivity index (χ0n) is 14.6. The molecule has 0 aromatic heterocycles. The van der Waals surface area contributed by atoms with Gasteiger partial charge in [-0.15, -0.1) is 0 Å². The number of benzene rings is 2. The van der Waals surface area contributed by atoms with Crippen molar-refractivity contribution >= 4 is 0 Å². The molecule has 2 unspecified atom stereocenters. The van der Waals surface area contributed by atoms with Gasteiger partial charge in [-0.25, -0.2) is 0 Å². The van der Waals surface area contributed by atoms with Crippen LogP contribution < -0.4 is 9.47 Å². The first-order valence-electron chi connectivity index (χ1n) is 8.26. The standard InChI is InChI=1S/C20H26O4/c1-13(2)19(21)23-17-9-5-15(6-10-17)16-7-11-18(12-8-16)24-20(22)14(3)4/h5-14,19-22H,1-4H3. The van der Waals surface area contributed by atoms with Crippen molar-refractivity contribution in [2.75, 3.05) is 0 Å². The third-order valence-corrected chi connectivity index (χ3v) is 3.70. The van der Waals surface area contributed by atoms with E-state index in [4.69, 9.17) is 9.47 Å². The second-order valence-corrected chi connectivity index (χ2v) is 6.55. The van der Waals surface area contributed by atoms with Crippen molar-refractivity contribution < 1.29 is 19.7 Å². The van der Waals surface area contributed by atoms with Gasteiger partial charge in [0.15, 0.2) is 12.6 Å². The number of rotatable bonds is 7. The van der Waals surface area contributed by atoms with Crippen molar-refractivity contribution in [2.45, 2.75) is 40.3 Å². The first-order valence-corrected chi connectivity index (χ1v) is 8.26. The van der Waals surface area contributed by atoms with Crippen molar-refractivity contribution in [3.8, 4) is 22.6 Å². The van der Waals surface area contributed by atoms with Gasteiger partial charge in [-0.3, -0.25) is 0 Å². The highest BCUT2D eigenvalue weighted by Gasteiger charge is 2.12. The van der Waals surface area contributed by atoms with E-state index in [-0.39, 0.29) is 11.8 Å². The Morgan fingerprint density at radius 2 is 0.875 bits per heavy atom. The Balaban J connectivity index is 2.04. The minimum Gasteiger partial charge on any atom is -0.465 e. The summed E-state index contributed by atoms with van der Waals surface area (Å²) in [5, 5.41) is 19.5. The molecular weight excluding hydrogens is 304 g/mol. The van der Waals surface area contributed by atoms with Crippen LogP contribution in [0.5, 0.6) is 11.5 Å². The summed E-state index contributed by atoms with van der Waals surface area (Å²) in [6, 6.07) is 15.1. The molecule has 2 atom stereocenters. The minimum atomic E-state index is -0.806. The average molecular weight is 330 g/mol. The van der Waals surface area contributed by atoms with E-state index in [9.17, 15) is 10.2 Å². The number of hydrogen-bond donors (Lipinski definition) is 2. The Kier molecular flexibility index (Phi) is 6.23. The Morgan fingerprint density at radius 3 is 1.12 bits per heavy atom. The van der Waals surface area contributed by atoms with Gasteiger partial charge in [-0.2, -0.15) is 0 Å². The van der Waals surface area contributed by atoms with Crippen LogP contribution >= 0.6 is 0 Å². The van der Waals surface area contributed by atoms with Crippen molar-refractivity contribution in [1.82, 2.24) is 0 Å². The lowest BCUT2D eigenvalue weighted by molar-refractivity contribution is -0.0518. The van der Waals surface area contributed by atoms with E-state index in [0.717, 1.165) is 11.1 Å². The third-order valence-electron chi connectivity index (χ3n) is 3.70. The lowest BCUT2D eigenvalue weighted by atomic mass is 10.1. The molecule has 0 saturated heterocycles. The number of aliphatic hydroxyl groups excluding tert-OH is 2. The molecule has 0 fully saturated rings. The van der Waals surface area contributed by atoms with E-state index >= 15 is 0 Å². The normalized spacial score (nSPS) is 13.8. The smallest absolute Gasteiger partial charge is 0.199 e. The lowest BCUT2D eigenvalue weighted by Crippen LogP contribution is -2.22. The molecule has 2 aromatic carbocycles. The molecule has 4 heteroatoms. The molecule has 2 aromatic rings. The molecule has 0 radical (unpaired) electrons. The Hall–Kier alpha value is -2.04. The van der Waals surface area contributed by atoms with Gasteiger partial charge in [-0.05, 0) is 35.4 Å². The molecule has 0 bridgehead atoms. The highest BCUT2D eigenvalue weighted by atomic mass is 16.6. The van der Waals surface area contributed by atoms with Gasteiger partial charge in [0.05, 0.1) is 0 Å². The molecule has 2 N–H and O–H groups in total. The van der Waals surface area contributed by atoms with Gasteiger partial charge in [0, 0.05) is 11.8 Å². The molecule has 0 aliphatic rings. The monoisotopic (exact) mass is 330 g/mol. The zero-order chi connectivity index (χ0) is 17.7.